The molecule has 0 aromatic heterocycles. The molecule has 3 nitrogen and oxygen atoms in total. The lowest BCUT2D eigenvalue weighted by atomic mass is 9.73. The van der Waals surface area contributed by atoms with Crippen LogP contribution in [0, 0.1) is 0 Å². The molecule has 1 fully saturated rings. The zero-order valence-corrected chi connectivity index (χ0v) is 14.8. The standard InChI is InChI=1S/C20H23BO3/c1-19(2)20(3,4)24-21(23-19)18-11-16-13-22-12-15(16)10-17(18)14-8-6-5-7-9-14/h5-11H,12-13H2,1-4H3. The fourth-order valence-electron chi connectivity index (χ4n) is 3.28. The van der Waals surface area contributed by atoms with Crippen LogP contribution in [0.5, 0.6) is 0 Å². The van der Waals surface area contributed by atoms with Crippen LogP contribution < -0.4 is 5.46 Å². The largest absolute Gasteiger partial charge is 0.495 e. The monoisotopic (exact) mass is 322 g/mol. The van der Waals surface area contributed by atoms with Crippen molar-refractivity contribution in [3.63, 3.8) is 0 Å². The molecular weight excluding hydrogens is 299 g/mol. The third-order valence-electron chi connectivity index (χ3n) is 5.48. The molecule has 2 aliphatic heterocycles. The maximum absolute atomic E-state index is 6.31. The first-order valence-electron chi connectivity index (χ1n) is 8.52. The van der Waals surface area contributed by atoms with E-state index >= 15 is 0 Å². The molecular formula is C20H23BO3. The van der Waals surface area contributed by atoms with Gasteiger partial charge in [0.25, 0.3) is 0 Å². The number of ether oxygens (including phenoxy) is 1. The van der Waals surface area contributed by atoms with Gasteiger partial charge in [-0.2, -0.15) is 0 Å². The first-order valence-corrected chi connectivity index (χ1v) is 8.52. The van der Waals surface area contributed by atoms with E-state index in [1.807, 2.05) is 6.07 Å². The van der Waals surface area contributed by atoms with Crippen molar-refractivity contribution in [2.45, 2.75) is 52.1 Å². The van der Waals surface area contributed by atoms with Crippen LogP contribution in [0.1, 0.15) is 38.8 Å². The molecule has 0 aliphatic carbocycles. The molecule has 0 spiro atoms. The van der Waals surface area contributed by atoms with E-state index < -0.39 is 0 Å². The molecule has 0 radical (unpaired) electrons. The van der Waals surface area contributed by atoms with Gasteiger partial charge in [0.2, 0.25) is 0 Å². The summed E-state index contributed by atoms with van der Waals surface area (Å²) in [5.41, 5.74) is 5.23. The minimum Gasteiger partial charge on any atom is -0.399 e. The lowest BCUT2D eigenvalue weighted by molar-refractivity contribution is 0.00578. The van der Waals surface area contributed by atoms with E-state index in [9.17, 15) is 0 Å². The summed E-state index contributed by atoms with van der Waals surface area (Å²) in [6.07, 6.45) is 0. The third-order valence-corrected chi connectivity index (χ3v) is 5.48. The Labute approximate surface area is 144 Å². The van der Waals surface area contributed by atoms with Gasteiger partial charge in [0, 0.05) is 0 Å². The van der Waals surface area contributed by atoms with E-state index in [1.54, 1.807) is 0 Å². The Kier molecular flexibility index (Phi) is 3.61. The molecule has 0 amide bonds. The molecule has 0 saturated carbocycles. The van der Waals surface area contributed by atoms with Crippen molar-refractivity contribution in [2.24, 2.45) is 0 Å². The predicted octanol–water partition coefficient (Wildman–Crippen LogP) is 3.68. The summed E-state index contributed by atoms with van der Waals surface area (Å²) >= 11 is 0. The fourth-order valence-corrected chi connectivity index (χ4v) is 3.28. The second-order valence-corrected chi connectivity index (χ2v) is 7.66. The van der Waals surface area contributed by atoms with Crippen molar-refractivity contribution in [1.29, 1.82) is 0 Å². The van der Waals surface area contributed by atoms with Crippen LogP contribution in [0.15, 0.2) is 42.5 Å². The summed E-state index contributed by atoms with van der Waals surface area (Å²) in [4.78, 5) is 0. The van der Waals surface area contributed by atoms with E-state index in [4.69, 9.17) is 14.0 Å². The summed E-state index contributed by atoms with van der Waals surface area (Å²) < 4.78 is 18.2. The summed E-state index contributed by atoms with van der Waals surface area (Å²) in [5, 5.41) is 0. The van der Waals surface area contributed by atoms with Gasteiger partial charge in [-0.1, -0.05) is 36.4 Å². The normalized spacial score (nSPS) is 21.1. The second-order valence-electron chi connectivity index (χ2n) is 7.66. The highest BCUT2D eigenvalue weighted by molar-refractivity contribution is 6.64. The third kappa shape index (κ3) is 2.50. The van der Waals surface area contributed by atoms with E-state index in [-0.39, 0.29) is 18.3 Å². The summed E-state index contributed by atoms with van der Waals surface area (Å²) in [7, 11) is -0.365. The Hall–Kier alpha value is -1.62. The molecule has 0 bridgehead atoms. The topological polar surface area (TPSA) is 27.7 Å². The smallest absolute Gasteiger partial charge is 0.399 e. The van der Waals surface area contributed by atoms with E-state index in [2.05, 4.69) is 64.1 Å². The Bertz CT molecular complexity index is 752. The molecule has 2 aliphatic rings. The predicted molar refractivity (Wildman–Crippen MR) is 96.1 cm³/mol. The van der Waals surface area contributed by atoms with Crippen molar-refractivity contribution >= 4 is 12.6 Å². The Balaban J connectivity index is 1.83. The van der Waals surface area contributed by atoms with Gasteiger partial charge in [0.05, 0.1) is 24.4 Å². The van der Waals surface area contributed by atoms with Gasteiger partial charge < -0.3 is 14.0 Å². The number of hydrogen-bond acceptors (Lipinski definition) is 3. The van der Waals surface area contributed by atoms with Gasteiger partial charge >= 0.3 is 7.12 Å². The van der Waals surface area contributed by atoms with Crippen molar-refractivity contribution in [2.75, 3.05) is 0 Å². The van der Waals surface area contributed by atoms with Crippen LogP contribution in [0.4, 0.5) is 0 Å². The molecule has 0 N–H and O–H groups in total. The maximum atomic E-state index is 6.31. The van der Waals surface area contributed by atoms with Crippen LogP contribution in [0.3, 0.4) is 0 Å². The van der Waals surface area contributed by atoms with Gasteiger partial charge in [-0.25, -0.2) is 0 Å². The highest BCUT2D eigenvalue weighted by atomic mass is 16.7. The Morgan fingerprint density at radius 3 is 2.04 bits per heavy atom. The summed E-state index contributed by atoms with van der Waals surface area (Å²) in [6.45, 7) is 9.70. The molecule has 2 aromatic rings. The first-order chi connectivity index (χ1) is 11.4. The van der Waals surface area contributed by atoms with Crippen LogP contribution in [0.2, 0.25) is 0 Å². The molecule has 4 rings (SSSR count). The average molecular weight is 322 g/mol. The quantitative estimate of drug-likeness (QED) is 0.790. The highest BCUT2D eigenvalue weighted by Crippen LogP contribution is 2.38. The van der Waals surface area contributed by atoms with Gasteiger partial charge in [-0.3, -0.25) is 0 Å². The van der Waals surface area contributed by atoms with Gasteiger partial charge in [0.1, 0.15) is 0 Å². The number of rotatable bonds is 2. The molecule has 2 heterocycles. The lowest BCUT2D eigenvalue weighted by Gasteiger charge is -2.32. The lowest BCUT2D eigenvalue weighted by Crippen LogP contribution is -2.41. The van der Waals surface area contributed by atoms with E-state index in [0.29, 0.717) is 13.2 Å². The number of hydrogen-bond donors (Lipinski definition) is 0. The van der Waals surface area contributed by atoms with Crippen LogP contribution in [-0.4, -0.2) is 18.3 Å². The molecule has 0 atom stereocenters. The minimum absolute atomic E-state index is 0.346. The zero-order chi connectivity index (χ0) is 16.9. The summed E-state index contributed by atoms with van der Waals surface area (Å²) in [5.74, 6) is 0. The van der Waals surface area contributed by atoms with E-state index in [0.717, 1.165) is 5.46 Å². The van der Waals surface area contributed by atoms with Crippen molar-refractivity contribution in [3.05, 3.63) is 53.6 Å². The SMILES string of the molecule is CC1(C)OB(c2cc3c(cc2-c2ccccc2)COC3)OC1(C)C. The van der Waals surface area contributed by atoms with Crippen LogP contribution in [0.25, 0.3) is 11.1 Å². The van der Waals surface area contributed by atoms with Gasteiger partial charge in [-0.15, -0.1) is 0 Å². The zero-order valence-electron chi connectivity index (χ0n) is 14.8. The van der Waals surface area contributed by atoms with Gasteiger partial charge in [-0.05, 0) is 61.5 Å². The molecule has 124 valence electrons. The Morgan fingerprint density at radius 1 is 0.833 bits per heavy atom. The second kappa shape index (κ2) is 5.45. The average Bonchev–Trinajstić information content (AvgIpc) is 3.08. The molecule has 0 unspecified atom stereocenters. The molecule has 4 heteroatoms. The Morgan fingerprint density at radius 2 is 1.42 bits per heavy atom. The first kappa shape index (κ1) is 15.9. The molecule has 1 saturated heterocycles. The number of fused-ring (bicyclic) bond motifs is 1. The maximum Gasteiger partial charge on any atom is 0.495 e. The molecule has 24 heavy (non-hydrogen) atoms. The summed E-state index contributed by atoms with van der Waals surface area (Å²) in [6, 6.07) is 14.9. The number of benzene rings is 2. The van der Waals surface area contributed by atoms with Gasteiger partial charge in [0.15, 0.2) is 0 Å². The van der Waals surface area contributed by atoms with Crippen LogP contribution >= 0.6 is 0 Å². The van der Waals surface area contributed by atoms with Crippen molar-refractivity contribution in [3.8, 4) is 11.1 Å². The minimum atomic E-state index is -0.365. The fraction of sp³-hybridized carbons (Fsp3) is 0.400. The van der Waals surface area contributed by atoms with Crippen molar-refractivity contribution < 1.29 is 14.0 Å². The van der Waals surface area contributed by atoms with E-state index in [1.165, 1.54) is 22.3 Å². The van der Waals surface area contributed by atoms with Crippen molar-refractivity contribution in [1.82, 2.24) is 0 Å². The van der Waals surface area contributed by atoms with Crippen LogP contribution in [-0.2, 0) is 27.3 Å². The highest BCUT2D eigenvalue weighted by Gasteiger charge is 2.52. The molecule has 2 aromatic carbocycles.